The number of hydrogen-bond donors (Lipinski definition) is 3. The molecule has 1 spiro atoms. The first-order chi connectivity index (χ1) is 13.6. The lowest BCUT2D eigenvalue weighted by molar-refractivity contribution is 0.0442. The van der Waals surface area contributed by atoms with Gasteiger partial charge in [-0.25, -0.2) is 4.98 Å². The minimum Gasteiger partial charge on any atom is -0.377 e. The zero-order valence-electron chi connectivity index (χ0n) is 15.4. The van der Waals surface area contributed by atoms with Crippen LogP contribution in [-0.2, 0) is 5.41 Å². The van der Waals surface area contributed by atoms with Gasteiger partial charge in [-0.3, -0.25) is 9.72 Å². The lowest BCUT2D eigenvalue weighted by Crippen LogP contribution is -2.52. The van der Waals surface area contributed by atoms with E-state index < -0.39 is 11.6 Å². The highest BCUT2D eigenvalue weighted by Gasteiger charge is 2.85. The first-order valence-corrected chi connectivity index (χ1v) is 10.1. The number of aromatic nitrogens is 5. The van der Waals surface area contributed by atoms with Crippen molar-refractivity contribution in [2.75, 3.05) is 0 Å². The van der Waals surface area contributed by atoms with Crippen molar-refractivity contribution in [2.24, 2.45) is 10.8 Å². The Balaban J connectivity index is 1.32. The van der Waals surface area contributed by atoms with Gasteiger partial charge in [0.05, 0.1) is 23.2 Å². The topological polar surface area (TPSA) is 115 Å². The summed E-state index contributed by atoms with van der Waals surface area (Å²) < 4.78 is 2.17. The van der Waals surface area contributed by atoms with Crippen LogP contribution in [0.25, 0.3) is 16.8 Å². The van der Waals surface area contributed by atoms with E-state index >= 15 is 0 Å². The highest BCUT2D eigenvalue weighted by Crippen LogP contribution is 2.84. The number of rotatable bonds is 4. The van der Waals surface area contributed by atoms with Crippen LogP contribution in [0.5, 0.6) is 0 Å². The van der Waals surface area contributed by atoms with Gasteiger partial charge < -0.3 is 10.1 Å². The maximum Gasteiger partial charge on any atom is 0.179 e. The van der Waals surface area contributed by atoms with Gasteiger partial charge in [0.15, 0.2) is 11.3 Å². The van der Waals surface area contributed by atoms with E-state index in [1.54, 1.807) is 6.20 Å². The smallest absolute Gasteiger partial charge is 0.179 e. The van der Waals surface area contributed by atoms with Gasteiger partial charge in [0.25, 0.3) is 0 Å². The molecule has 0 radical (unpaired) electrons. The van der Waals surface area contributed by atoms with Crippen LogP contribution in [-0.4, -0.2) is 41.4 Å². The van der Waals surface area contributed by atoms with E-state index in [1.165, 1.54) is 0 Å². The van der Waals surface area contributed by atoms with Crippen LogP contribution >= 0.6 is 0 Å². The molecule has 4 aliphatic carbocycles. The second-order valence-electron chi connectivity index (χ2n) is 9.42. The number of H-pyrrole nitrogens is 1. The number of aliphatic hydroxyl groups excluding tert-OH is 1. The Bertz CT molecular complexity index is 1200. The standard InChI is InChI=1S/C20H21N7O/c21-11-17(2-3-17)16(28)24-20-7-5-18(4-6-19(18,20)10-20)15-26-25-13-9-23-14-12(27(13)15)1-8-22-14/h1,8-9,16,22,24,28H,2-7,10H2. The lowest BCUT2D eigenvalue weighted by Gasteiger charge is -2.48. The van der Waals surface area contributed by atoms with Gasteiger partial charge in [0, 0.05) is 22.6 Å². The summed E-state index contributed by atoms with van der Waals surface area (Å²) in [5.41, 5.74) is 2.13. The van der Waals surface area contributed by atoms with E-state index in [9.17, 15) is 10.4 Å². The molecule has 0 saturated heterocycles. The second-order valence-corrected chi connectivity index (χ2v) is 9.42. The van der Waals surface area contributed by atoms with Crippen LogP contribution in [0.1, 0.15) is 50.8 Å². The Labute approximate surface area is 161 Å². The molecule has 4 fully saturated rings. The van der Waals surface area contributed by atoms with E-state index in [0.29, 0.717) is 0 Å². The third-order valence-corrected chi connectivity index (χ3v) is 8.59. The second kappa shape index (κ2) is 4.39. The average Bonchev–Trinajstić information content (AvgIpc) is 3.47. The number of hydrogen-bond acceptors (Lipinski definition) is 6. The van der Waals surface area contributed by atoms with Crippen LogP contribution in [0.3, 0.4) is 0 Å². The molecule has 0 aliphatic heterocycles. The summed E-state index contributed by atoms with van der Waals surface area (Å²) in [7, 11) is 0. The predicted molar refractivity (Wildman–Crippen MR) is 99.0 cm³/mol. The molecule has 0 bridgehead atoms. The van der Waals surface area contributed by atoms with Gasteiger partial charge in [-0.15, -0.1) is 10.2 Å². The number of nitriles is 1. The molecule has 4 aliphatic rings. The summed E-state index contributed by atoms with van der Waals surface area (Å²) in [6.07, 6.45) is 9.88. The molecular weight excluding hydrogens is 354 g/mol. The van der Waals surface area contributed by atoms with Crippen molar-refractivity contribution in [3.63, 3.8) is 0 Å². The van der Waals surface area contributed by atoms with Crippen LogP contribution in [0.2, 0.25) is 0 Å². The predicted octanol–water partition coefficient (Wildman–Crippen LogP) is 1.77. The number of nitrogens with zero attached hydrogens (tertiary/aromatic N) is 5. The Morgan fingerprint density at radius 2 is 2.07 bits per heavy atom. The summed E-state index contributed by atoms with van der Waals surface area (Å²) in [6, 6.07) is 4.37. The largest absolute Gasteiger partial charge is 0.377 e. The number of nitrogens with one attached hydrogen (secondary N) is 2. The molecule has 3 aromatic heterocycles. The van der Waals surface area contributed by atoms with Crippen molar-refractivity contribution in [3.05, 3.63) is 24.3 Å². The quantitative estimate of drug-likeness (QED) is 0.599. The number of fused-ring (bicyclic) bond motifs is 3. The van der Waals surface area contributed by atoms with Crippen molar-refractivity contribution in [1.29, 1.82) is 5.26 Å². The molecule has 0 amide bonds. The zero-order valence-corrected chi connectivity index (χ0v) is 15.4. The Morgan fingerprint density at radius 3 is 2.82 bits per heavy atom. The Kier molecular flexibility index (Phi) is 2.42. The molecule has 8 nitrogen and oxygen atoms in total. The van der Waals surface area contributed by atoms with Gasteiger partial charge in [-0.1, -0.05) is 0 Å². The van der Waals surface area contributed by atoms with Crippen LogP contribution < -0.4 is 5.32 Å². The fraction of sp³-hybridized carbons (Fsp3) is 0.600. The average molecular weight is 375 g/mol. The SMILES string of the molecule is N#CC1(C(O)NC23CCC4(c5nnc6cnc7[nH]ccc7n56)CCC24C3)CC1. The molecule has 142 valence electrons. The highest BCUT2D eigenvalue weighted by atomic mass is 16.3. The highest BCUT2D eigenvalue weighted by molar-refractivity contribution is 5.74. The maximum atomic E-state index is 10.7. The fourth-order valence-corrected chi connectivity index (χ4v) is 6.64. The molecule has 0 aromatic carbocycles. The monoisotopic (exact) mass is 375 g/mol. The number of aromatic amines is 1. The van der Waals surface area contributed by atoms with Gasteiger partial charge in [-0.2, -0.15) is 5.26 Å². The van der Waals surface area contributed by atoms with Crippen LogP contribution in [0, 0.1) is 22.2 Å². The first kappa shape index (κ1) is 15.4. The molecule has 4 saturated carbocycles. The van der Waals surface area contributed by atoms with Crippen molar-refractivity contribution in [2.45, 2.75) is 62.1 Å². The Hall–Kier alpha value is -2.50. The molecule has 8 heteroatoms. The number of aliphatic hydroxyl groups is 1. The molecule has 3 aromatic rings. The summed E-state index contributed by atoms with van der Waals surface area (Å²) in [5.74, 6) is 1.04. The van der Waals surface area contributed by atoms with Crippen molar-refractivity contribution >= 4 is 16.8 Å². The summed E-state index contributed by atoms with van der Waals surface area (Å²) >= 11 is 0. The molecule has 7 rings (SSSR count). The Morgan fingerprint density at radius 1 is 1.21 bits per heavy atom. The third-order valence-electron chi connectivity index (χ3n) is 8.59. The minimum absolute atomic E-state index is 0.00591. The maximum absolute atomic E-state index is 10.7. The van der Waals surface area contributed by atoms with Crippen molar-refractivity contribution < 1.29 is 5.11 Å². The normalized spacial score (nSPS) is 37.9. The summed E-state index contributed by atoms with van der Waals surface area (Å²) in [6.45, 7) is 0. The van der Waals surface area contributed by atoms with E-state index in [2.05, 4.69) is 36.0 Å². The van der Waals surface area contributed by atoms with Gasteiger partial charge in [0.1, 0.15) is 12.1 Å². The lowest BCUT2D eigenvalue weighted by atomic mass is 9.57. The van der Waals surface area contributed by atoms with Gasteiger partial charge in [-0.05, 0) is 51.0 Å². The minimum atomic E-state index is -0.732. The van der Waals surface area contributed by atoms with Gasteiger partial charge >= 0.3 is 0 Å². The summed E-state index contributed by atoms with van der Waals surface area (Å²) in [5, 5.41) is 32.8. The zero-order chi connectivity index (χ0) is 18.8. The fourth-order valence-electron chi connectivity index (χ4n) is 6.64. The van der Waals surface area contributed by atoms with Crippen molar-refractivity contribution in [1.82, 2.24) is 29.9 Å². The van der Waals surface area contributed by atoms with E-state index in [1.807, 2.05) is 12.3 Å². The first-order valence-electron chi connectivity index (χ1n) is 10.1. The molecule has 3 N–H and O–H groups in total. The van der Waals surface area contributed by atoms with Crippen molar-refractivity contribution in [3.8, 4) is 6.07 Å². The molecule has 28 heavy (non-hydrogen) atoms. The molecule has 3 heterocycles. The summed E-state index contributed by atoms with van der Waals surface area (Å²) in [4.78, 5) is 7.62. The third kappa shape index (κ3) is 1.45. The van der Waals surface area contributed by atoms with Crippen LogP contribution in [0.4, 0.5) is 0 Å². The van der Waals surface area contributed by atoms with E-state index in [4.69, 9.17) is 0 Å². The van der Waals surface area contributed by atoms with Gasteiger partial charge in [0.2, 0.25) is 0 Å². The van der Waals surface area contributed by atoms with E-state index in [0.717, 1.165) is 67.6 Å². The molecular formula is C20H21N7O. The molecule has 4 unspecified atom stereocenters. The molecule has 4 atom stereocenters. The van der Waals surface area contributed by atoms with Crippen LogP contribution in [0.15, 0.2) is 18.5 Å². The van der Waals surface area contributed by atoms with E-state index in [-0.39, 0.29) is 16.4 Å².